The zero-order valence-electron chi connectivity index (χ0n) is 15.9. The zero-order valence-corrected chi connectivity index (χ0v) is 16.7. The fourth-order valence-corrected chi connectivity index (χ4v) is 3.62. The number of rotatable bonds is 5. The van der Waals surface area contributed by atoms with Crippen molar-refractivity contribution in [3.05, 3.63) is 99.6 Å². The molecule has 0 unspecified atom stereocenters. The molecule has 0 radical (unpaired) electrons. The van der Waals surface area contributed by atoms with Crippen molar-refractivity contribution in [1.29, 1.82) is 0 Å². The average molecular weight is 406 g/mol. The molecule has 5 nitrogen and oxygen atoms in total. The molecule has 1 amide bonds. The number of aryl methyl sites for hydroxylation is 1. The molecule has 0 saturated heterocycles. The molecule has 2 heterocycles. The van der Waals surface area contributed by atoms with Gasteiger partial charge in [0.25, 0.3) is 5.56 Å². The summed E-state index contributed by atoms with van der Waals surface area (Å²) in [5, 5.41) is 4.16. The Kier molecular flexibility index (Phi) is 5.23. The molecule has 0 aliphatic heterocycles. The van der Waals surface area contributed by atoms with Crippen LogP contribution in [0.3, 0.4) is 0 Å². The summed E-state index contributed by atoms with van der Waals surface area (Å²) in [6.45, 7) is 2.57. The van der Waals surface area contributed by atoms with Crippen LogP contribution < -0.4 is 10.9 Å². The number of benzene rings is 2. The maximum absolute atomic E-state index is 13.1. The summed E-state index contributed by atoms with van der Waals surface area (Å²) in [6.07, 6.45) is 3.56. The van der Waals surface area contributed by atoms with Gasteiger partial charge in [-0.15, -0.1) is 0 Å². The van der Waals surface area contributed by atoms with E-state index in [0.717, 1.165) is 10.9 Å². The highest BCUT2D eigenvalue weighted by atomic mass is 35.5. The van der Waals surface area contributed by atoms with E-state index in [1.54, 1.807) is 30.5 Å². The van der Waals surface area contributed by atoms with E-state index in [2.05, 4.69) is 11.4 Å². The monoisotopic (exact) mass is 405 g/mol. The van der Waals surface area contributed by atoms with Crippen LogP contribution in [0.1, 0.15) is 11.1 Å². The largest absolute Gasteiger partial charge is 0.339 e. The average Bonchev–Trinajstić information content (AvgIpc) is 3.07. The summed E-state index contributed by atoms with van der Waals surface area (Å²) in [7, 11) is 0. The van der Waals surface area contributed by atoms with Gasteiger partial charge in [0.15, 0.2) is 0 Å². The number of nitrogens with zero attached hydrogens (tertiary/aromatic N) is 2. The molecule has 0 bridgehead atoms. The van der Waals surface area contributed by atoms with Crippen molar-refractivity contribution in [3.63, 3.8) is 0 Å². The molecule has 0 fully saturated rings. The molecular formula is C23H20ClN3O2. The molecule has 146 valence electrons. The van der Waals surface area contributed by atoms with Crippen molar-refractivity contribution < 1.29 is 4.79 Å². The Balaban J connectivity index is 1.60. The Labute approximate surface area is 173 Å². The third-order valence-corrected chi connectivity index (χ3v) is 4.98. The predicted octanol–water partition coefficient (Wildman–Crippen LogP) is 4.45. The zero-order chi connectivity index (χ0) is 20.4. The molecule has 6 heteroatoms. The lowest BCUT2D eigenvalue weighted by Crippen LogP contribution is -2.28. The smallest absolute Gasteiger partial charge is 0.275 e. The highest BCUT2D eigenvalue weighted by Gasteiger charge is 2.11. The third kappa shape index (κ3) is 4.25. The Morgan fingerprint density at radius 3 is 2.52 bits per heavy atom. The number of aromatic nitrogens is 2. The molecular weight excluding hydrogens is 386 g/mol. The molecule has 2 aromatic carbocycles. The topological polar surface area (TPSA) is 56.0 Å². The van der Waals surface area contributed by atoms with Crippen LogP contribution >= 0.6 is 11.6 Å². The number of halogens is 1. The third-order valence-electron chi connectivity index (χ3n) is 4.75. The van der Waals surface area contributed by atoms with Crippen LogP contribution in [0.2, 0.25) is 5.02 Å². The Morgan fingerprint density at radius 2 is 1.76 bits per heavy atom. The molecule has 1 N–H and O–H groups in total. The summed E-state index contributed by atoms with van der Waals surface area (Å²) >= 11 is 5.95. The van der Waals surface area contributed by atoms with E-state index >= 15 is 0 Å². The Bertz CT molecular complexity index is 1260. The molecule has 29 heavy (non-hydrogen) atoms. The van der Waals surface area contributed by atoms with Crippen molar-refractivity contribution in [2.45, 2.75) is 20.0 Å². The predicted molar refractivity (Wildman–Crippen MR) is 117 cm³/mol. The lowest BCUT2D eigenvalue weighted by molar-refractivity contribution is -0.116. The van der Waals surface area contributed by atoms with E-state index in [0.29, 0.717) is 22.8 Å². The number of carbonyl (C=O) groups is 1. The minimum atomic E-state index is -0.287. The number of hydrogen-bond donors (Lipinski definition) is 1. The number of amides is 1. The Morgan fingerprint density at radius 1 is 1.00 bits per heavy atom. The highest BCUT2D eigenvalue weighted by molar-refractivity contribution is 6.30. The second kappa shape index (κ2) is 7.97. The number of anilines is 1. The first-order valence-electron chi connectivity index (χ1n) is 9.29. The number of nitrogens with one attached hydrogen (secondary N) is 1. The standard InChI is InChI=1S/C23H20ClN3O2/c1-16-4-2-5-17(12-16)14-26-10-8-18-9-11-27(23(29)22(18)26)15-21(28)25-20-7-3-6-19(24)13-20/h2-13H,14-15H2,1H3,(H,25,28). The van der Waals surface area contributed by atoms with Crippen molar-refractivity contribution in [2.75, 3.05) is 5.32 Å². The first kappa shape index (κ1) is 19.0. The van der Waals surface area contributed by atoms with E-state index in [1.165, 1.54) is 10.1 Å². The molecule has 0 aliphatic rings. The van der Waals surface area contributed by atoms with Gasteiger partial charge in [-0.25, -0.2) is 0 Å². The van der Waals surface area contributed by atoms with Gasteiger partial charge in [0, 0.05) is 35.0 Å². The second-order valence-corrected chi connectivity index (χ2v) is 7.48. The second-order valence-electron chi connectivity index (χ2n) is 7.04. The summed E-state index contributed by atoms with van der Waals surface area (Å²) in [5.74, 6) is -0.287. The number of hydrogen-bond acceptors (Lipinski definition) is 2. The van der Waals surface area contributed by atoms with E-state index in [1.807, 2.05) is 48.0 Å². The molecule has 4 rings (SSSR count). The van der Waals surface area contributed by atoms with Gasteiger partial charge in [0.1, 0.15) is 12.1 Å². The van der Waals surface area contributed by atoms with Gasteiger partial charge in [0.05, 0.1) is 0 Å². The number of fused-ring (bicyclic) bond motifs is 1. The van der Waals surface area contributed by atoms with Crippen molar-refractivity contribution in [1.82, 2.24) is 9.13 Å². The quantitative estimate of drug-likeness (QED) is 0.533. The molecule has 2 aromatic heterocycles. The summed E-state index contributed by atoms with van der Waals surface area (Å²) < 4.78 is 3.35. The van der Waals surface area contributed by atoms with E-state index in [9.17, 15) is 9.59 Å². The lowest BCUT2D eigenvalue weighted by atomic mass is 10.1. The van der Waals surface area contributed by atoms with Gasteiger partial charge < -0.3 is 14.5 Å². The molecule has 0 spiro atoms. The Hall–Kier alpha value is -3.31. The number of carbonyl (C=O) groups excluding carboxylic acids is 1. The van der Waals surface area contributed by atoms with Gasteiger partial charge in [-0.1, -0.05) is 47.5 Å². The minimum absolute atomic E-state index is 0.0725. The van der Waals surface area contributed by atoms with Crippen LogP contribution in [0.25, 0.3) is 10.9 Å². The molecule has 4 aromatic rings. The van der Waals surface area contributed by atoms with Crippen molar-refractivity contribution in [2.24, 2.45) is 0 Å². The molecule has 0 aliphatic carbocycles. The maximum Gasteiger partial charge on any atom is 0.275 e. The van der Waals surface area contributed by atoms with Gasteiger partial charge in [-0.2, -0.15) is 0 Å². The molecule has 0 saturated carbocycles. The van der Waals surface area contributed by atoms with Crippen LogP contribution in [0.15, 0.2) is 77.9 Å². The van der Waals surface area contributed by atoms with E-state index in [4.69, 9.17) is 11.6 Å². The number of pyridine rings is 1. The highest BCUT2D eigenvalue weighted by Crippen LogP contribution is 2.16. The van der Waals surface area contributed by atoms with E-state index in [-0.39, 0.29) is 18.0 Å². The van der Waals surface area contributed by atoms with Crippen molar-refractivity contribution >= 4 is 34.1 Å². The van der Waals surface area contributed by atoms with Gasteiger partial charge in [-0.3, -0.25) is 9.59 Å². The maximum atomic E-state index is 13.1. The van der Waals surface area contributed by atoms with Crippen molar-refractivity contribution in [3.8, 4) is 0 Å². The first-order valence-corrected chi connectivity index (χ1v) is 9.67. The lowest BCUT2D eigenvalue weighted by Gasteiger charge is -2.10. The van der Waals surface area contributed by atoms with Crippen LogP contribution in [0.4, 0.5) is 5.69 Å². The fraction of sp³-hybridized carbons (Fsp3) is 0.130. The van der Waals surface area contributed by atoms with Gasteiger partial charge in [0.2, 0.25) is 5.91 Å². The minimum Gasteiger partial charge on any atom is -0.339 e. The SMILES string of the molecule is Cc1cccc(Cn2ccc3ccn(CC(=O)Nc4cccc(Cl)c4)c(=O)c32)c1. The van der Waals surface area contributed by atoms with Gasteiger partial charge >= 0.3 is 0 Å². The van der Waals surface area contributed by atoms with Gasteiger partial charge in [-0.05, 0) is 42.8 Å². The molecule has 0 atom stereocenters. The summed E-state index contributed by atoms with van der Waals surface area (Å²) in [5.41, 5.74) is 3.29. The van der Waals surface area contributed by atoms with E-state index < -0.39 is 0 Å². The normalized spacial score (nSPS) is 11.0. The summed E-state index contributed by atoms with van der Waals surface area (Å²) in [4.78, 5) is 25.5. The fourth-order valence-electron chi connectivity index (χ4n) is 3.43. The van der Waals surface area contributed by atoms with Crippen LogP contribution in [0.5, 0.6) is 0 Å². The van der Waals surface area contributed by atoms with Crippen LogP contribution in [-0.4, -0.2) is 15.0 Å². The van der Waals surface area contributed by atoms with Crippen LogP contribution in [-0.2, 0) is 17.9 Å². The van der Waals surface area contributed by atoms with Crippen LogP contribution in [0, 0.1) is 6.92 Å². The first-order chi connectivity index (χ1) is 14.0. The summed E-state index contributed by atoms with van der Waals surface area (Å²) in [6, 6.07) is 18.9.